The molecule has 0 saturated heterocycles. The summed E-state index contributed by atoms with van der Waals surface area (Å²) in [5.74, 6) is -0.317. The second kappa shape index (κ2) is 5.31. The molecule has 0 saturated carbocycles. The Hall–Kier alpha value is -2.03. The highest BCUT2D eigenvalue weighted by molar-refractivity contribution is 8.27. The van der Waals surface area contributed by atoms with Crippen LogP contribution in [-0.4, -0.2) is 27.0 Å². The maximum Gasteiger partial charge on any atom is 0.283 e. The van der Waals surface area contributed by atoms with Crippen molar-refractivity contribution in [3.05, 3.63) is 50.4 Å². The van der Waals surface area contributed by atoms with Crippen LogP contribution in [0.4, 0.5) is 0 Å². The highest BCUT2D eigenvalue weighted by atomic mass is 32.2. The fourth-order valence-electron chi connectivity index (χ4n) is 2.01. The minimum absolute atomic E-state index is 0.0717. The van der Waals surface area contributed by atoms with Crippen molar-refractivity contribution in [3.63, 3.8) is 0 Å². The zero-order chi connectivity index (χ0) is 15.1. The number of nitrogens with zero attached hydrogens (tertiary/aromatic N) is 3. The summed E-state index contributed by atoms with van der Waals surface area (Å²) in [6.45, 7) is 0. The molecule has 5 nitrogen and oxygen atoms in total. The van der Waals surface area contributed by atoms with Crippen LogP contribution in [0.15, 0.2) is 50.7 Å². The van der Waals surface area contributed by atoms with Gasteiger partial charge in [-0.15, -0.1) is 22.7 Å². The van der Waals surface area contributed by atoms with Crippen LogP contribution in [-0.2, 0) is 4.79 Å². The molecule has 8 heteroatoms. The molecule has 0 spiro atoms. The van der Waals surface area contributed by atoms with Crippen LogP contribution in [0.2, 0.25) is 0 Å². The Kier molecular flexibility index (Phi) is 3.29. The maximum absolute atomic E-state index is 12.2. The number of hydrazone groups is 1. The van der Waals surface area contributed by atoms with Gasteiger partial charge in [-0.25, -0.2) is 0 Å². The summed E-state index contributed by atoms with van der Waals surface area (Å²) in [5, 5.41) is 19.2. The smallest absolute Gasteiger partial charge is 0.282 e. The second-order valence-electron chi connectivity index (χ2n) is 4.42. The number of carbonyl (C=O) groups excluding carboxylic acids is 1. The van der Waals surface area contributed by atoms with Gasteiger partial charge >= 0.3 is 0 Å². The molecular formula is C14H8N4OS3. The van der Waals surface area contributed by atoms with Crippen molar-refractivity contribution in [1.82, 2.24) is 5.01 Å². The Balaban J connectivity index is 1.72. The summed E-state index contributed by atoms with van der Waals surface area (Å²) in [5.41, 5.74) is 0.267. The molecule has 0 aliphatic carbocycles. The Morgan fingerprint density at radius 2 is 2.00 bits per heavy atom. The van der Waals surface area contributed by atoms with E-state index in [1.54, 1.807) is 17.4 Å². The van der Waals surface area contributed by atoms with Gasteiger partial charge in [0.05, 0.1) is 10.5 Å². The maximum atomic E-state index is 12.2. The van der Waals surface area contributed by atoms with Gasteiger partial charge in [0.25, 0.3) is 5.91 Å². The van der Waals surface area contributed by atoms with Crippen LogP contribution in [0.25, 0.3) is 6.08 Å². The van der Waals surface area contributed by atoms with E-state index in [1.807, 2.05) is 35.0 Å². The fraction of sp³-hybridized carbons (Fsp3) is 0. The number of amidine groups is 2. The first-order valence-electron chi connectivity index (χ1n) is 6.30. The standard InChI is InChI=1S/C14H8N4OS3/c15-11-9(7-8-3-1-5-20-8)12(19)16-14-18(11)17-13(22-14)10-4-2-6-21-10/h1-7,15H/b9-7-,15-11?. The lowest BCUT2D eigenvalue weighted by atomic mass is 10.1. The van der Waals surface area contributed by atoms with Crippen molar-refractivity contribution in [1.29, 1.82) is 5.41 Å². The van der Waals surface area contributed by atoms with Gasteiger partial charge in [-0.2, -0.15) is 15.1 Å². The van der Waals surface area contributed by atoms with Crippen molar-refractivity contribution in [2.75, 3.05) is 0 Å². The first kappa shape index (κ1) is 13.6. The topological polar surface area (TPSA) is 68.9 Å². The molecule has 2 aliphatic heterocycles. The minimum Gasteiger partial charge on any atom is -0.282 e. The highest BCUT2D eigenvalue weighted by Crippen LogP contribution is 2.32. The number of aliphatic imine (C=N–C) groups is 1. The molecule has 1 amide bonds. The third kappa shape index (κ3) is 2.25. The lowest BCUT2D eigenvalue weighted by Crippen LogP contribution is -2.35. The molecule has 0 unspecified atom stereocenters. The summed E-state index contributed by atoms with van der Waals surface area (Å²) in [6, 6.07) is 7.71. The van der Waals surface area contributed by atoms with Gasteiger partial charge in [0.15, 0.2) is 5.84 Å². The SMILES string of the molecule is N=C1/C(=C/c2cccs2)C(=O)N=C2SC(c3cccs3)=NN12. The van der Waals surface area contributed by atoms with Crippen molar-refractivity contribution < 1.29 is 4.79 Å². The molecular weight excluding hydrogens is 336 g/mol. The predicted molar refractivity (Wildman–Crippen MR) is 92.8 cm³/mol. The molecule has 0 atom stereocenters. The summed E-state index contributed by atoms with van der Waals surface area (Å²) in [4.78, 5) is 18.2. The van der Waals surface area contributed by atoms with Gasteiger partial charge in [-0.1, -0.05) is 12.1 Å². The van der Waals surface area contributed by atoms with Crippen molar-refractivity contribution in [2.45, 2.75) is 0 Å². The zero-order valence-electron chi connectivity index (χ0n) is 11.0. The van der Waals surface area contributed by atoms with E-state index in [-0.39, 0.29) is 17.3 Å². The van der Waals surface area contributed by atoms with Crippen molar-refractivity contribution in [3.8, 4) is 0 Å². The molecule has 1 N–H and O–H groups in total. The summed E-state index contributed by atoms with van der Waals surface area (Å²) >= 11 is 4.40. The number of hydrogen-bond donors (Lipinski definition) is 1. The van der Waals surface area contributed by atoms with Gasteiger partial charge in [0.2, 0.25) is 5.17 Å². The van der Waals surface area contributed by atoms with Gasteiger partial charge in [-0.05, 0) is 40.7 Å². The highest BCUT2D eigenvalue weighted by Gasteiger charge is 2.36. The lowest BCUT2D eigenvalue weighted by molar-refractivity contribution is -0.114. The molecule has 4 heterocycles. The first-order chi connectivity index (χ1) is 10.7. The largest absolute Gasteiger partial charge is 0.283 e. The monoisotopic (exact) mass is 344 g/mol. The van der Waals surface area contributed by atoms with E-state index in [4.69, 9.17) is 5.41 Å². The number of thiophene rings is 2. The molecule has 22 heavy (non-hydrogen) atoms. The van der Waals surface area contributed by atoms with E-state index in [9.17, 15) is 4.79 Å². The van der Waals surface area contributed by atoms with E-state index < -0.39 is 0 Å². The fourth-order valence-corrected chi connectivity index (χ4v) is 4.35. The summed E-state index contributed by atoms with van der Waals surface area (Å²) in [7, 11) is 0. The van der Waals surface area contributed by atoms with Crippen LogP contribution in [0.3, 0.4) is 0 Å². The molecule has 4 rings (SSSR count). The van der Waals surface area contributed by atoms with E-state index in [2.05, 4.69) is 10.1 Å². The third-order valence-corrected chi connectivity index (χ3v) is 5.78. The number of thioether (sulfide) groups is 1. The van der Waals surface area contributed by atoms with Crippen LogP contribution >= 0.6 is 34.4 Å². The molecule has 0 bridgehead atoms. The van der Waals surface area contributed by atoms with Gasteiger partial charge in [0, 0.05) is 4.88 Å². The number of carbonyl (C=O) groups is 1. The van der Waals surface area contributed by atoms with Gasteiger partial charge in [0.1, 0.15) is 5.04 Å². The van der Waals surface area contributed by atoms with E-state index in [1.165, 1.54) is 28.1 Å². The van der Waals surface area contributed by atoms with Crippen LogP contribution < -0.4 is 0 Å². The molecule has 2 aromatic heterocycles. The molecule has 2 aromatic rings. The van der Waals surface area contributed by atoms with E-state index in [0.29, 0.717) is 5.17 Å². The number of nitrogens with one attached hydrogen (secondary N) is 1. The van der Waals surface area contributed by atoms with E-state index >= 15 is 0 Å². The average molecular weight is 344 g/mol. The Morgan fingerprint density at radius 3 is 2.73 bits per heavy atom. The number of hydrogen-bond acceptors (Lipinski definition) is 6. The first-order valence-corrected chi connectivity index (χ1v) is 8.87. The number of rotatable bonds is 2. The number of amides is 1. The zero-order valence-corrected chi connectivity index (χ0v) is 13.5. The molecule has 0 fully saturated rings. The molecule has 108 valence electrons. The van der Waals surface area contributed by atoms with Crippen LogP contribution in [0, 0.1) is 5.41 Å². The molecule has 2 aliphatic rings. The van der Waals surface area contributed by atoms with Gasteiger partial charge in [-0.3, -0.25) is 10.2 Å². The summed E-state index contributed by atoms with van der Waals surface area (Å²) < 4.78 is 0. The molecule has 0 radical (unpaired) electrons. The van der Waals surface area contributed by atoms with Gasteiger partial charge < -0.3 is 0 Å². The second-order valence-corrected chi connectivity index (χ2v) is 7.30. The minimum atomic E-state index is -0.389. The predicted octanol–water partition coefficient (Wildman–Crippen LogP) is 3.48. The van der Waals surface area contributed by atoms with Crippen molar-refractivity contribution in [2.24, 2.45) is 10.1 Å². The van der Waals surface area contributed by atoms with Crippen LogP contribution in [0.5, 0.6) is 0 Å². The molecule has 0 aromatic carbocycles. The number of fused-ring (bicyclic) bond motifs is 1. The van der Waals surface area contributed by atoms with E-state index in [0.717, 1.165) is 14.8 Å². The Morgan fingerprint density at radius 1 is 1.18 bits per heavy atom. The Labute approximate surface area is 138 Å². The Bertz CT molecular complexity index is 847. The summed E-state index contributed by atoms with van der Waals surface area (Å²) in [6.07, 6.45) is 1.69. The quantitative estimate of drug-likeness (QED) is 0.848. The average Bonchev–Trinajstić information content (AvgIpc) is 3.23. The third-order valence-electron chi connectivity index (χ3n) is 3.02. The lowest BCUT2D eigenvalue weighted by Gasteiger charge is -2.19. The van der Waals surface area contributed by atoms with Crippen LogP contribution in [0.1, 0.15) is 9.75 Å². The normalized spacial score (nSPS) is 19.5. The van der Waals surface area contributed by atoms with Crippen molar-refractivity contribution >= 4 is 62.5 Å².